The zero-order valence-electron chi connectivity index (χ0n) is 11.0. The molecule has 0 saturated carbocycles. The summed E-state index contributed by atoms with van der Waals surface area (Å²) < 4.78 is 5.71. The second-order valence-electron chi connectivity index (χ2n) is 4.95. The summed E-state index contributed by atoms with van der Waals surface area (Å²) in [6.45, 7) is 6.91. The summed E-state index contributed by atoms with van der Waals surface area (Å²) in [6, 6.07) is 10.2. The van der Waals surface area contributed by atoms with Crippen LogP contribution in [-0.4, -0.2) is 36.7 Å². The molecule has 0 unspecified atom stereocenters. The molecule has 18 heavy (non-hydrogen) atoms. The van der Waals surface area contributed by atoms with Crippen molar-refractivity contribution in [2.75, 3.05) is 19.6 Å². The SMILES string of the molecule is C[C@@H]1CN(C/C(Cl)=C/c2ccccc2)C[C@@H](C)O1. The van der Waals surface area contributed by atoms with E-state index in [0.717, 1.165) is 30.2 Å². The lowest BCUT2D eigenvalue weighted by atomic mass is 10.2. The molecule has 1 aromatic rings. The van der Waals surface area contributed by atoms with Gasteiger partial charge in [-0.15, -0.1) is 0 Å². The van der Waals surface area contributed by atoms with Gasteiger partial charge in [0, 0.05) is 24.7 Å². The summed E-state index contributed by atoms with van der Waals surface area (Å²) in [4.78, 5) is 2.35. The molecule has 2 atom stereocenters. The first kappa shape index (κ1) is 13.6. The van der Waals surface area contributed by atoms with Crippen molar-refractivity contribution in [3.05, 3.63) is 40.9 Å². The first-order valence-corrected chi connectivity index (χ1v) is 6.80. The molecule has 2 rings (SSSR count). The number of hydrogen-bond donors (Lipinski definition) is 0. The van der Waals surface area contributed by atoms with E-state index in [2.05, 4.69) is 30.9 Å². The minimum Gasteiger partial charge on any atom is -0.373 e. The number of ether oxygens (including phenoxy) is 1. The lowest BCUT2D eigenvalue weighted by Crippen LogP contribution is -2.45. The average Bonchev–Trinajstić information content (AvgIpc) is 2.28. The highest BCUT2D eigenvalue weighted by Crippen LogP contribution is 2.16. The maximum absolute atomic E-state index is 6.32. The van der Waals surface area contributed by atoms with Gasteiger partial charge in [-0.1, -0.05) is 41.9 Å². The van der Waals surface area contributed by atoms with Gasteiger partial charge in [0.1, 0.15) is 0 Å². The Morgan fingerprint density at radius 2 is 1.89 bits per heavy atom. The Hall–Kier alpha value is -0.830. The van der Waals surface area contributed by atoms with E-state index in [4.69, 9.17) is 16.3 Å². The van der Waals surface area contributed by atoms with Gasteiger partial charge in [0.25, 0.3) is 0 Å². The molecule has 1 aliphatic rings. The molecule has 2 nitrogen and oxygen atoms in total. The van der Waals surface area contributed by atoms with Crippen LogP contribution in [0.5, 0.6) is 0 Å². The molecule has 98 valence electrons. The Morgan fingerprint density at radius 1 is 1.28 bits per heavy atom. The highest BCUT2D eigenvalue weighted by molar-refractivity contribution is 6.31. The molecule has 1 aliphatic heterocycles. The van der Waals surface area contributed by atoms with Crippen LogP contribution in [0, 0.1) is 0 Å². The average molecular weight is 266 g/mol. The number of halogens is 1. The van der Waals surface area contributed by atoms with E-state index in [1.54, 1.807) is 0 Å². The molecule has 0 amide bonds. The fourth-order valence-electron chi connectivity index (χ4n) is 2.40. The highest BCUT2D eigenvalue weighted by Gasteiger charge is 2.22. The normalized spacial score (nSPS) is 26.3. The van der Waals surface area contributed by atoms with Crippen molar-refractivity contribution in [1.82, 2.24) is 4.90 Å². The van der Waals surface area contributed by atoms with Crippen molar-refractivity contribution in [1.29, 1.82) is 0 Å². The number of rotatable bonds is 3. The Kier molecular flexibility index (Phi) is 4.81. The predicted molar refractivity (Wildman–Crippen MR) is 76.7 cm³/mol. The highest BCUT2D eigenvalue weighted by atomic mass is 35.5. The molecule has 1 heterocycles. The zero-order chi connectivity index (χ0) is 13.0. The Bertz CT molecular complexity index is 394. The third-order valence-corrected chi connectivity index (χ3v) is 3.22. The molecule has 3 heteroatoms. The van der Waals surface area contributed by atoms with Crippen molar-refractivity contribution < 1.29 is 4.74 Å². The van der Waals surface area contributed by atoms with E-state index < -0.39 is 0 Å². The van der Waals surface area contributed by atoms with Gasteiger partial charge in [0.2, 0.25) is 0 Å². The second-order valence-corrected chi connectivity index (χ2v) is 5.44. The molecule has 1 aromatic carbocycles. The van der Waals surface area contributed by atoms with Gasteiger partial charge in [0.05, 0.1) is 12.2 Å². The van der Waals surface area contributed by atoms with Crippen LogP contribution in [0.3, 0.4) is 0 Å². The first-order chi connectivity index (χ1) is 8.63. The molecular weight excluding hydrogens is 246 g/mol. The summed E-state index contributed by atoms with van der Waals surface area (Å²) in [7, 11) is 0. The number of morpholine rings is 1. The minimum atomic E-state index is 0.287. The van der Waals surface area contributed by atoms with E-state index in [1.165, 1.54) is 0 Å². The smallest absolute Gasteiger partial charge is 0.0678 e. The summed E-state index contributed by atoms with van der Waals surface area (Å²) in [6.07, 6.45) is 2.61. The molecule has 0 aliphatic carbocycles. The van der Waals surface area contributed by atoms with Crippen LogP contribution >= 0.6 is 11.6 Å². The molecular formula is C15H20ClNO. The lowest BCUT2D eigenvalue weighted by molar-refractivity contribution is -0.0648. The minimum absolute atomic E-state index is 0.287. The van der Waals surface area contributed by atoms with E-state index in [0.29, 0.717) is 0 Å². The molecule has 0 bridgehead atoms. The van der Waals surface area contributed by atoms with Crippen LogP contribution in [0.2, 0.25) is 0 Å². The van der Waals surface area contributed by atoms with Gasteiger partial charge in [-0.05, 0) is 25.5 Å². The topological polar surface area (TPSA) is 12.5 Å². The van der Waals surface area contributed by atoms with Crippen molar-refractivity contribution >= 4 is 17.7 Å². The molecule has 0 radical (unpaired) electrons. The van der Waals surface area contributed by atoms with E-state index in [-0.39, 0.29) is 12.2 Å². The Balaban J connectivity index is 1.94. The van der Waals surface area contributed by atoms with Crippen molar-refractivity contribution in [2.45, 2.75) is 26.1 Å². The van der Waals surface area contributed by atoms with Gasteiger partial charge in [-0.2, -0.15) is 0 Å². The molecule has 1 saturated heterocycles. The summed E-state index contributed by atoms with van der Waals surface area (Å²) in [5.74, 6) is 0. The van der Waals surface area contributed by atoms with Gasteiger partial charge in [-0.25, -0.2) is 0 Å². The number of benzene rings is 1. The second kappa shape index (κ2) is 6.37. The van der Waals surface area contributed by atoms with Gasteiger partial charge >= 0.3 is 0 Å². The third-order valence-electron chi connectivity index (χ3n) is 2.99. The van der Waals surface area contributed by atoms with E-state index in [1.807, 2.05) is 24.3 Å². The number of nitrogens with zero attached hydrogens (tertiary/aromatic N) is 1. The Morgan fingerprint density at radius 3 is 2.50 bits per heavy atom. The number of hydrogen-bond acceptors (Lipinski definition) is 2. The lowest BCUT2D eigenvalue weighted by Gasteiger charge is -2.35. The summed E-state index contributed by atoms with van der Waals surface area (Å²) in [5.41, 5.74) is 1.15. The Labute approximate surface area is 114 Å². The summed E-state index contributed by atoms with van der Waals surface area (Å²) >= 11 is 6.32. The van der Waals surface area contributed by atoms with Gasteiger partial charge in [0.15, 0.2) is 0 Å². The van der Waals surface area contributed by atoms with Gasteiger partial charge < -0.3 is 4.74 Å². The maximum atomic E-state index is 6.32. The largest absolute Gasteiger partial charge is 0.373 e. The van der Waals surface area contributed by atoms with Crippen molar-refractivity contribution in [2.24, 2.45) is 0 Å². The molecule has 0 aromatic heterocycles. The molecule has 1 fully saturated rings. The van der Waals surface area contributed by atoms with Crippen LogP contribution in [0.1, 0.15) is 19.4 Å². The van der Waals surface area contributed by atoms with E-state index >= 15 is 0 Å². The monoisotopic (exact) mass is 265 g/mol. The fraction of sp³-hybridized carbons (Fsp3) is 0.467. The van der Waals surface area contributed by atoms with Crippen LogP contribution < -0.4 is 0 Å². The standard InChI is InChI=1S/C15H20ClNO/c1-12-9-17(10-13(2)18-12)11-15(16)8-14-6-4-3-5-7-14/h3-8,12-13H,9-11H2,1-2H3/b15-8-/t12-,13-/m1/s1. The van der Waals surface area contributed by atoms with Crippen LogP contribution in [-0.2, 0) is 4.74 Å². The van der Waals surface area contributed by atoms with Gasteiger partial charge in [-0.3, -0.25) is 4.90 Å². The zero-order valence-corrected chi connectivity index (χ0v) is 11.7. The van der Waals surface area contributed by atoms with Crippen molar-refractivity contribution in [3.63, 3.8) is 0 Å². The van der Waals surface area contributed by atoms with Crippen LogP contribution in [0.15, 0.2) is 35.4 Å². The molecule has 0 N–H and O–H groups in total. The third kappa shape index (κ3) is 4.13. The summed E-state index contributed by atoms with van der Waals surface area (Å²) in [5, 5.41) is 0.877. The quantitative estimate of drug-likeness (QED) is 0.831. The van der Waals surface area contributed by atoms with Crippen molar-refractivity contribution in [3.8, 4) is 0 Å². The maximum Gasteiger partial charge on any atom is 0.0678 e. The van der Waals surface area contributed by atoms with E-state index in [9.17, 15) is 0 Å². The molecule has 0 spiro atoms. The predicted octanol–water partition coefficient (Wildman–Crippen LogP) is 3.38. The van der Waals surface area contributed by atoms with Crippen LogP contribution in [0.25, 0.3) is 6.08 Å². The first-order valence-electron chi connectivity index (χ1n) is 6.42. The fourth-order valence-corrected chi connectivity index (χ4v) is 2.70. The van der Waals surface area contributed by atoms with Crippen LogP contribution in [0.4, 0.5) is 0 Å².